The van der Waals surface area contributed by atoms with Crippen LogP contribution in [-0.4, -0.2) is 48.5 Å². The summed E-state index contributed by atoms with van der Waals surface area (Å²) < 4.78 is 5.68. The summed E-state index contributed by atoms with van der Waals surface area (Å²) >= 11 is 0. The van der Waals surface area contributed by atoms with Crippen LogP contribution in [0.25, 0.3) is 0 Å². The summed E-state index contributed by atoms with van der Waals surface area (Å²) in [6.07, 6.45) is 0.636. The molecule has 2 aliphatic rings. The van der Waals surface area contributed by atoms with Crippen LogP contribution in [0, 0.1) is 16.0 Å². The first kappa shape index (κ1) is 20.2. The first-order chi connectivity index (χ1) is 14.5. The van der Waals surface area contributed by atoms with Gasteiger partial charge in [-0.2, -0.15) is 0 Å². The minimum absolute atomic E-state index is 0.0546. The number of nitro groups is 1. The average molecular weight is 409 g/mol. The number of anilines is 1. The number of hydrogen-bond acceptors (Lipinski definition) is 6. The van der Waals surface area contributed by atoms with Crippen LogP contribution in [0.2, 0.25) is 0 Å². The quantitative estimate of drug-likeness (QED) is 0.428. The van der Waals surface area contributed by atoms with E-state index in [-0.39, 0.29) is 41.9 Å². The summed E-state index contributed by atoms with van der Waals surface area (Å²) in [4.78, 5) is 38.1. The Labute approximate surface area is 174 Å². The first-order valence-electron chi connectivity index (χ1n) is 10.0. The van der Waals surface area contributed by atoms with E-state index >= 15 is 0 Å². The van der Waals surface area contributed by atoms with Gasteiger partial charge in [0.2, 0.25) is 5.91 Å². The van der Waals surface area contributed by atoms with E-state index in [2.05, 4.69) is 5.32 Å². The fourth-order valence-electron chi connectivity index (χ4n) is 3.86. The van der Waals surface area contributed by atoms with Gasteiger partial charge in [0.15, 0.2) is 5.78 Å². The Morgan fingerprint density at radius 1 is 1.13 bits per heavy atom. The second-order valence-electron chi connectivity index (χ2n) is 7.58. The maximum absolute atomic E-state index is 13.1. The maximum atomic E-state index is 13.1. The molecule has 4 rings (SSSR count). The van der Waals surface area contributed by atoms with Crippen molar-refractivity contribution in [1.29, 1.82) is 0 Å². The summed E-state index contributed by atoms with van der Waals surface area (Å²) in [6, 6.07) is 14.7. The second kappa shape index (κ2) is 8.73. The zero-order valence-corrected chi connectivity index (χ0v) is 16.4. The molecule has 2 fully saturated rings. The van der Waals surface area contributed by atoms with Crippen LogP contribution in [0.15, 0.2) is 54.6 Å². The van der Waals surface area contributed by atoms with Crippen molar-refractivity contribution >= 4 is 23.1 Å². The number of morpholine rings is 1. The van der Waals surface area contributed by atoms with Crippen molar-refractivity contribution < 1.29 is 19.2 Å². The van der Waals surface area contributed by atoms with Crippen molar-refractivity contribution in [2.45, 2.75) is 25.0 Å². The molecular formula is C22H23N3O5. The largest absolute Gasteiger partial charge is 0.375 e. The Balaban J connectivity index is 1.49. The summed E-state index contributed by atoms with van der Waals surface area (Å²) in [7, 11) is 0. The van der Waals surface area contributed by atoms with E-state index in [9.17, 15) is 19.7 Å². The van der Waals surface area contributed by atoms with Gasteiger partial charge in [0.05, 0.1) is 24.1 Å². The number of rotatable bonds is 7. The Hall–Kier alpha value is -3.10. The molecule has 0 radical (unpaired) electrons. The zero-order valence-electron chi connectivity index (χ0n) is 16.4. The van der Waals surface area contributed by atoms with Crippen molar-refractivity contribution in [2.75, 3.05) is 24.6 Å². The third-order valence-corrected chi connectivity index (χ3v) is 5.50. The Kier molecular flexibility index (Phi) is 5.87. The standard InChI is InChI=1S/C22H23N3O5/c26-21(12-18-14-23-10-11-30-18)24(16-4-2-1-3-5-16)20-13-19(20)22(27)15-6-8-17(9-7-15)25(28)29/h1-9,18-20,23H,10-14H2. The van der Waals surface area contributed by atoms with Crippen LogP contribution in [0.5, 0.6) is 0 Å². The highest BCUT2D eigenvalue weighted by Crippen LogP contribution is 2.41. The molecular weight excluding hydrogens is 386 g/mol. The molecule has 2 aromatic carbocycles. The van der Waals surface area contributed by atoms with Gasteiger partial charge in [0.1, 0.15) is 0 Å². The lowest BCUT2D eigenvalue weighted by atomic mass is 10.1. The summed E-state index contributed by atoms with van der Waals surface area (Å²) in [5.74, 6) is -0.487. The number of amides is 1. The molecule has 0 bridgehead atoms. The summed E-state index contributed by atoms with van der Waals surface area (Å²) in [6.45, 7) is 1.99. The predicted molar refractivity (Wildman–Crippen MR) is 110 cm³/mol. The topological polar surface area (TPSA) is 102 Å². The van der Waals surface area contributed by atoms with Crippen molar-refractivity contribution in [3.63, 3.8) is 0 Å². The molecule has 1 aliphatic carbocycles. The first-order valence-corrected chi connectivity index (χ1v) is 10.0. The number of nitrogens with one attached hydrogen (secondary N) is 1. The van der Waals surface area contributed by atoms with Crippen molar-refractivity contribution in [3.8, 4) is 0 Å². The average Bonchev–Trinajstić information content (AvgIpc) is 3.55. The Bertz CT molecular complexity index is 926. The maximum Gasteiger partial charge on any atom is 0.269 e. The summed E-state index contributed by atoms with van der Waals surface area (Å²) in [5, 5.41) is 14.1. The van der Waals surface area contributed by atoms with Gasteiger partial charge in [0.25, 0.3) is 5.69 Å². The third kappa shape index (κ3) is 4.39. The lowest BCUT2D eigenvalue weighted by molar-refractivity contribution is -0.384. The number of Topliss-reactive ketones (excluding diaryl/α,β-unsaturated/α-hetero) is 1. The van der Waals surface area contributed by atoms with Gasteiger partial charge in [-0.3, -0.25) is 19.7 Å². The molecule has 8 nitrogen and oxygen atoms in total. The van der Waals surface area contributed by atoms with Crippen molar-refractivity contribution in [1.82, 2.24) is 5.32 Å². The molecule has 0 spiro atoms. The molecule has 30 heavy (non-hydrogen) atoms. The van der Waals surface area contributed by atoms with E-state index < -0.39 is 4.92 Å². The van der Waals surface area contributed by atoms with Crippen LogP contribution >= 0.6 is 0 Å². The number of ketones is 1. The number of non-ortho nitro benzene ring substituents is 1. The van der Waals surface area contributed by atoms with Gasteiger partial charge >= 0.3 is 0 Å². The number of para-hydroxylation sites is 1. The van der Waals surface area contributed by atoms with Gasteiger partial charge in [-0.15, -0.1) is 0 Å². The number of carbonyl (C=O) groups excluding carboxylic acids is 2. The number of benzene rings is 2. The number of nitrogens with zero attached hydrogens (tertiary/aromatic N) is 2. The molecule has 1 aliphatic heterocycles. The highest BCUT2D eigenvalue weighted by Gasteiger charge is 2.49. The molecule has 0 aromatic heterocycles. The molecule has 1 N–H and O–H groups in total. The summed E-state index contributed by atoms with van der Waals surface area (Å²) in [5.41, 5.74) is 1.13. The highest BCUT2D eigenvalue weighted by atomic mass is 16.6. The van der Waals surface area contributed by atoms with E-state index in [4.69, 9.17) is 4.74 Å². The van der Waals surface area contributed by atoms with E-state index in [1.165, 1.54) is 24.3 Å². The van der Waals surface area contributed by atoms with Gasteiger partial charge in [0, 0.05) is 48.4 Å². The Morgan fingerprint density at radius 2 is 1.87 bits per heavy atom. The molecule has 156 valence electrons. The molecule has 1 heterocycles. The molecule has 3 atom stereocenters. The molecule has 1 amide bonds. The Morgan fingerprint density at radius 3 is 2.50 bits per heavy atom. The van der Waals surface area contributed by atoms with E-state index in [1.807, 2.05) is 30.3 Å². The zero-order chi connectivity index (χ0) is 21.1. The van der Waals surface area contributed by atoms with E-state index in [1.54, 1.807) is 4.90 Å². The van der Waals surface area contributed by atoms with Crippen molar-refractivity contribution in [3.05, 3.63) is 70.3 Å². The van der Waals surface area contributed by atoms with Gasteiger partial charge in [-0.25, -0.2) is 0 Å². The smallest absolute Gasteiger partial charge is 0.269 e. The molecule has 2 aromatic rings. The predicted octanol–water partition coefficient (Wildman–Crippen LogP) is 2.58. The molecule has 8 heteroatoms. The second-order valence-corrected chi connectivity index (χ2v) is 7.58. The van der Waals surface area contributed by atoms with Gasteiger partial charge < -0.3 is 15.0 Å². The SMILES string of the molecule is O=C(c1ccc([N+](=O)[O-])cc1)C1CC1N(C(=O)CC1CNCCO1)c1ccccc1. The number of hydrogen-bond donors (Lipinski definition) is 1. The van der Waals surface area contributed by atoms with Crippen molar-refractivity contribution in [2.24, 2.45) is 5.92 Å². The van der Waals surface area contributed by atoms with Crippen LogP contribution in [0.3, 0.4) is 0 Å². The van der Waals surface area contributed by atoms with Gasteiger partial charge in [-0.1, -0.05) is 18.2 Å². The lowest BCUT2D eigenvalue weighted by Gasteiger charge is -2.28. The molecule has 3 unspecified atom stereocenters. The van der Waals surface area contributed by atoms with Gasteiger partial charge in [-0.05, 0) is 30.7 Å². The number of carbonyl (C=O) groups is 2. The third-order valence-electron chi connectivity index (χ3n) is 5.50. The van der Waals surface area contributed by atoms with Crippen LogP contribution in [0.1, 0.15) is 23.2 Å². The fraction of sp³-hybridized carbons (Fsp3) is 0.364. The highest BCUT2D eigenvalue weighted by molar-refractivity contribution is 6.03. The lowest BCUT2D eigenvalue weighted by Crippen LogP contribution is -2.43. The van der Waals surface area contributed by atoms with Crippen LogP contribution in [-0.2, 0) is 9.53 Å². The number of ether oxygens (including phenoxy) is 1. The van der Waals surface area contributed by atoms with E-state index in [0.717, 1.165) is 12.2 Å². The fourth-order valence-corrected chi connectivity index (χ4v) is 3.86. The minimum atomic E-state index is -0.494. The van der Waals surface area contributed by atoms with Crippen LogP contribution < -0.4 is 10.2 Å². The number of nitro benzene ring substituents is 1. The van der Waals surface area contributed by atoms with E-state index in [0.29, 0.717) is 25.1 Å². The van der Waals surface area contributed by atoms with Crippen LogP contribution in [0.4, 0.5) is 11.4 Å². The monoisotopic (exact) mass is 409 g/mol. The molecule has 1 saturated carbocycles. The minimum Gasteiger partial charge on any atom is -0.375 e. The normalized spacial score (nSPS) is 22.9. The molecule has 1 saturated heterocycles.